The maximum absolute atomic E-state index is 5.81. The molecule has 1 aliphatic rings. The minimum atomic E-state index is 0.309. The molecule has 0 aliphatic carbocycles. The van der Waals surface area contributed by atoms with E-state index in [0.717, 1.165) is 36.6 Å². The van der Waals surface area contributed by atoms with Crippen LogP contribution in [0.5, 0.6) is 5.75 Å². The number of ether oxygens (including phenoxy) is 1. The maximum Gasteiger partial charge on any atom is 0.120 e. The van der Waals surface area contributed by atoms with Crippen molar-refractivity contribution in [3.63, 3.8) is 0 Å². The number of anilines is 1. The average molecular weight is 307 g/mol. The van der Waals surface area contributed by atoms with Gasteiger partial charge < -0.3 is 20.7 Å². The minimum absolute atomic E-state index is 0.309. The molecule has 1 aromatic carbocycles. The zero-order valence-corrected chi connectivity index (χ0v) is 13.9. The van der Waals surface area contributed by atoms with Crippen LogP contribution in [0, 0.1) is 5.41 Å². The Kier molecular flexibility index (Phi) is 5.06. The second kappa shape index (κ2) is 6.62. The Balaban J connectivity index is 2.09. The fourth-order valence-corrected chi connectivity index (χ4v) is 2.83. The molecule has 0 radical (unpaired) electrons. The van der Waals surface area contributed by atoms with E-state index in [9.17, 15) is 0 Å². The van der Waals surface area contributed by atoms with Gasteiger partial charge in [0.15, 0.2) is 0 Å². The molecule has 5 heteroatoms. The lowest BCUT2D eigenvalue weighted by Crippen LogP contribution is -2.40. The molecular weight excluding hydrogens is 282 g/mol. The molecule has 0 bridgehead atoms. The van der Waals surface area contributed by atoms with E-state index in [4.69, 9.17) is 22.7 Å². The second-order valence-electron chi connectivity index (χ2n) is 6.24. The summed E-state index contributed by atoms with van der Waals surface area (Å²) in [6.07, 6.45) is 2.39. The Bertz CT molecular complexity index is 510. The first kappa shape index (κ1) is 16.0. The first-order valence-corrected chi connectivity index (χ1v) is 7.75. The van der Waals surface area contributed by atoms with Gasteiger partial charge in [-0.25, -0.2) is 0 Å². The molecule has 1 aromatic rings. The van der Waals surface area contributed by atoms with Gasteiger partial charge in [-0.1, -0.05) is 19.1 Å². The first-order valence-electron chi connectivity index (χ1n) is 7.34. The van der Waals surface area contributed by atoms with Crippen LogP contribution in [-0.2, 0) is 0 Å². The van der Waals surface area contributed by atoms with Gasteiger partial charge >= 0.3 is 0 Å². The van der Waals surface area contributed by atoms with Crippen LogP contribution in [0.2, 0.25) is 0 Å². The molecule has 2 rings (SSSR count). The van der Waals surface area contributed by atoms with E-state index in [0.29, 0.717) is 10.4 Å². The zero-order chi connectivity index (χ0) is 15.5. The van der Waals surface area contributed by atoms with Gasteiger partial charge in [-0.2, -0.15) is 0 Å². The molecule has 1 heterocycles. The minimum Gasteiger partial charge on any atom is -0.497 e. The van der Waals surface area contributed by atoms with Crippen LogP contribution in [0.4, 0.5) is 5.69 Å². The summed E-state index contributed by atoms with van der Waals surface area (Å²) < 4.78 is 5.29. The summed E-state index contributed by atoms with van der Waals surface area (Å²) in [5.41, 5.74) is 7.96. The van der Waals surface area contributed by atoms with E-state index in [1.54, 1.807) is 7.11 Å². The van der Waals surface area contributed by atoms with Crippen molar-refractivity contribution in [3.05, 3.63) is 23.8 Å². The van der Waals surface area contributed by atoms with Crippen LogP contribution in [0.25, 0.3) is 0 Å². The molecular formula is C16H25N3OS. The number of likely N-dealkylation sites (tertiary alicyclic amines) is 1. The van der Waals surface area contributed by atoms with Gasteiger partial charge in [-0.05, 0) is 50.5 Å². The Morgan fingerprint density at radius 1 is 1.43 bits per heavy atom. The summed E-state index contributed by atoms with van der Waals surface area (Å²) >= 11 is 5.13. The summed E-state index contributed by atoms with van der Waals surface area (Å²) in [5.74, 6) is 0.811. The molecule has 3 N–H and O–H groups in total. The Labute approximate surface area is 132 Å². The predicted molar refractivity (Wildman–Crippen MR) is 92.2 cm³/mol. The molecule has 0 atom stereocenters. The van der Waals surface area contributed by atoms with Crippen LogP contribution in [0.15, 0.2) is 18.2 Å². The Hall–Kier alpha value is -1.33. The summed E-state index contributed by atoms with van der Waals surface area (Å²) in [7, 11) is 3.85. The number of nitrogens with zero attached hydrogens (tertiary/aromatic N) is 1. The van der Waals surface area contributed by atoms with Gasteiger partial charge in [-0.3, -0.25) is 0 Å². The zero-order valence-electron chi connectivity index (χ0n) is 13.1. The number of piperidine rings is 1. The van der Waals surface area contributed by atoms with Crippen LogP contribution in [0.3, 0.4) is 0 Å². The van der Waals surface area contributed by atoms with Crippen LogP contribution < -0.4 is 15.8 Å². The molecule has 0 saturated carbocycles. The third kappa shape index (κ3) is 4.08. The molecule has 116 valence electrons. The monoisotopic (exact) mass is 307 g/mol. The third-order valence-corrected chi connectivity index (χ3v) is 4.61. The van der Waals surface area contributed by atoms with E-state index in [2.05, 4.69) is 24.2 Å². The van der Waals surface area contributed by atoms with E-state index >= 15 is 0 Å². The topological polar surface area (TPSA) is 50.5 Å². The molecule has 1 saturated heterocycles. The normalized spacial score (nSPS) is 18.2. The number of hydrogen-bond donors (Lipinski definition) is 2. The molecule has 0 unspecified atom stereocenters. The van der Waals surface area contributed by atoms with Gasteiger partial charge in [0, 0.05) is 23.9 Å². The van der Waals surface area contributed by atoms with Gasteiger partial charge in [0.05, 0.1) is 7.11 Å². The molecule has 4 nitrogen and oxygen atoms in total. The average Bonchev–Trinajstić information content (AvgIpc) is 2.48. The Morgan fingerprint density at radius 3 is 2.67 bits per heavy atom. The number of rotatable bonds is 5. The fraction of sp³-hybridized carbons (Fsp3) is 0.562. The lowest BCUT2D eigenvalue weighted by molar-refractivity contribution is 0.150. The van der Waals surface area contributed by atoms with Crippen molar-refractivity contribution in [1.29, 1.82) is 0 Å². The Morgan fingerprint density at radius 2 is 2.10 bits per heavy atom. The molecule has 0 aromatic heterocycles. The van der Waals surface area contributed by atoms with Gasteiger partial charge in [-0.15, -0.1) is 0 Å². The molecule has 0 spiro atoms. The number of nitrogens with one attached hydrogen (secondary N) is 1. The van der Waals surface area contributed by atoms with Crippen molar-refractivity contribution in [2.24, 2.45) is 11.1 Å². The van der Waals surface area contributed by atoms with E-state index in [1.807, 2.05) is 18.2 Å². The highest BCUT2D eigenvalue weighted by Gasteiger charge is 2.28. The van der Waals surface area contributed by atoms with Crippen molar-refractivity contribution in [3.8, 4) is 5.75 Å². The highest BCUT2D eigenvalue weighted by atomic mass is 32.1. The predicted octanol–water partition coefficient (Wildman–Crippen LogP) is 2.47. The van der Waals surface area contributed by atoms with Gasteiger partial charge in [0.2, 0.25) is 0 Å². The largest absolute Gasteiger partial charge is 0.497 e. The lowest BCUT2D eigenvalue weighted by atomic mass is 9.80. The summed E-state index contributed by atoms with van der Waals surface area (Å²) in [5, 5.41) is 3.53. The fourth-order valence-electron chi connectivity index (χ4n) is 2.66. The SMILES string of the molecule is COc1ccc(C(N)=S)c(NCC2(C)CCN(C)CC2)c1. The number of hydrogen-bond acceptors (Lipinski definition) is 4. The van der Waals surface area contributed by atoms with Crippen molar-refractivity contribution in [1.82, 2.24) is 4.90 Å². The second-order valence-corrected chi connectivity index (χ2v) is 6.68. The van der Waals surface area contributed by atoms with Gasteiger partial charge in [0.25, 0.3) is 0 Å². The smallest absolute Gasteiger partial charge is 0.120 e. The van der Waals surface area contributed by atoms with E-state index < -0.39 is 0 Å². The molecule has 1 fully saturated rings. The number of thiocarbonyl (C=S) groups is 1. The summed E-state index contributed by atoms with van der Waals surface area (Å²) in [6, 6.07) is 5.77. The molecule has 21 heavy (non-hydrogen) atoms. The number of benzene rings is 1. The van der Waals surface area contributed by atoms with Crippen LogP contribution in [-0.4, -0.2) is 43.7 Å². The van der Waals surface area contributed by atoms with E-state index in [1.165, 1.54) is 12.8 Å². The third-order valence-electron chi connectivity index (χ3n) is 4.39. The van der Waals surface area contributed by atoms with Gasteiger partial charge in [0.1, 0.15) is 10.7 Å². The van der Waals surface area contributed by atoms with Crippen LogP contribution >= 0.6 is 12.2 Å². The quantitative estimate of drug-likeness (QED) is 0.819. The van der Waals surface area contributed by atoms with Crippen molar-refractivity contribution < 1.29 is 4.74 Å². The first-order chi connectivity index (χ1) is 9.93. The number of nitrogens with two attached hydrogens (primary N) is 1. The van der Waals surface area contributed by atoms with Crippen molar-refractivity contribution in [2.75, 3.05) is 39.1 Å². The summed E-state index contributed by atoms with van der Waals surface area (Å²) in [6.45, 7) is 5.56. The molecule has 1 aliphatic heterocycles. The van der Waals surface area contributed by atoms with Crippen molar-refractivity contribution in [2.45, 2.75) is 19.8 Å². The summed E-state index contributed by atoms with van der Waals surface area (Å²) in [4.78, 5) is 2.79. The highest BCUT2D eigenvalue weighted by molar-refractivity contribution is 7.80. The lowest BCUT2D eigenvalue weighted by Gasteiger charge is -2.38. The maximum atomic E-state index is 5.81. The number of methoxy groups -OCH3 is 1. The van der Waals surface area contributed by atoms with Crippen LogP contribution in [0.1, 0.15) is 25.3 Å². The standard InChI is InChI=1S/C16H25N3OS/c1-16(6-8-19(2)9-7-16)11-18-14-10-12(20-3)4-5-13(14)15(17)21/h4-5,10,18H,6-9,11H2,1-3H3,(H2,17,21). The van der Waals surface area contributed by atoms with Crippen molar-refractivity contribution >= 4 is 22.9 Å². The highest BCUT2D eigenvalue weighted by Crippen LogP contribution is 2.32. The van der Waals surface area contributed by atoms with E-state index in [-0.39, 0.29) is 0 Å². The molecule has 0 amide bonds.